The Morgan fingerprint density at radius 2 is 1.37 bits per heavy atom. The number of aliphatic hydroxyl groups is 5. The van der Waals surface area contributed by atoms with Gasteiger partial charge in [0.15, 0.2) is 23.6 Å². The highest BCUT2D eigenvalue weighted by Crippen LogP contribution is 2.64. The molecule has 8 N–H and O–H groups in total. The Morgan fingerprint density at radius 1 is 0.747 bits per heavy atom. The van der Waals surface area contributed by atoms with Crippen molar-refractivity contribution in [1.82, 2.24) is 10.2 Å². The molecule has 508 valence electrons. The van der Waals surface area contributed by atoms with Crippen molar-refractivity contribution in [1.29, 1.82) is 0 Å². The topological polar surface area (TPSA) is 412 Å². The fraction of sp³-hybridized carbons (Fsp3) is 0.455. The number of rotatable bonds is 19. The molecule has 2 saturated carbocycles. The number of amides is 3. The predicted octanol–water partition coefficient (Wildman–Crippen LogP) is 3.61. The zero-order valence-electron chi connectivity index (χ0n) is 52.5. The normalized spacial score (nSPS) is 29.4. The van der Waals surface area contributed by atoms with Gasteiger partial charge in [-0.15, -0.1) is 0 Å². The van der Waals surface area contributed by atoms with Crippen molar-refractivity contribution in [2.24, 2.45) is 16.7 Å². The van der Waals surface area contributed by atoms with Crippen LogP contribution >= 0.6 is 0 Å². The molecule has 9 rings (SSSR count). The number of carbonyl (C=O) groups excluding carboxylic acids is 9. The zero-order chi connectivity index (χ0) is 69.1. The number of benzene rings is 4. The van der Waals surface area contributed by atoms with Gasteiger partial charge >= 0.3 is 48.2 Å². The van der Waals surface area contributed by atoms with Crippen LogP contribution in [-0.4, -0.2) is 201 Å². The number of carbonyl (C=O) groups is 10. The minimum Gasteiger partial charge on any atom is -0.479 e. The van der Waals surface area contributed by atoms with E-state index in [2.05, 4.69) is 10.6 Å². The molecule has 4 aromatic carbocycles. The second kappa shape index (κ2) is 28.3. The third-order valence-corrected chi connectivity index (χ3v) is 18.2. The number of nitrogens with one attached hydrogen (secondary N) is 2. The highest BCUT2D eigenvalue weighted by atomic mass is 16.7. The summed E-state index contributed by atoms with van der Waals surface area (Å²) in [6.45, 7) is 6.24. The van der Waals surface area contributed by atoms with Gasteiger partial charge < -0.3 is 88.2 Å². The molecule has 3 aliphatic carbocycles. The predicted molar refractivity (Wildman–Crippen MR) is 322 cm³/mol. The number of nitrogens with zero attached hydrogens (tertiary/aromatic N) is 1. The van der Waals surface area contributed by atoms with Crippen LogP contribution in [0.25, 0.3) is 0 Å². The van der Waals surface area contributed by atoms with E-state index < -0.39 is 181 Å². The van der Waals surface area contributed by atoms with Crippen molar-refractivity contribution >= 4 is 65.6 Å². The largest absolute Gasteiger partial charge is 0.509 e. The van der Waals surface area contributed by atoms with E-state index in [0.717, 1.165) is 18.7 Å². The summed E-state index contributed by atoms with van der Waals surface area (Å²) in [6, 6.07) is 27.2. The molecule has 2 saturated heterocycles. The molecule has 2 aliphatic heterocycles. The fourth-order valence-corrected chi connectivity index (χ4v) is 13.1. The maximum Gasteiger partial charge on any atom is 0.509 e. The second-order valence-corrected chi connectivity index (χ2v) is 24.5. The summed E-state index contributed by atoms with van der Waals surface area (Å²) in [7, 11) is 1.31. The Balaban J connectivity index is 0.977. The molecule has 2 bridgehead atoms. The molecule has 3 amide bonds. The number of fused-ring (bicyclic) bond motifs is 5. The average molecular weight is 1320 g/mol. The highest BCUT2D eigenvalue weighted by molar-refractivity contribution is 5.96. The summed E-state index contributed by atoms with van der Waals surface area (Å²) >= 11 is 0. The third-order valence-electron chi connectivity index (χ3n) is 18.2. The first kappa shape index (κ1) is 70.0. The molecule has 4 aromatic rings. The van der Waals surface area contributed by atoms with E-state index in [1.54, 1.807) is 54.6 Å². The van der Waals surface area contributed by atoms with Crippen molar-refractivity contribution in [3.8, 4) is 0 Å². The van der Waals surface area contributed by atoms with E-state index in [1.165, 1.54) is 95.4 Å². The number of hydrogen-bond acceptors (Lipinski definition) is 25. The molecule has 29 heteroatoms. The highest BCUT2D eigenvalue weighted by Gasteiger charge is 2.78. The first-order chi connectivity index (χ1) is 44.9. The van der Waals surface area contributed by atoms with Crippen molar-refractivity contribution in [2.75, 3.05) is 32.1 Å². The van der Waals surface area contributed by atoms with Crippen LogP contribution in [-0.2, 0) is 77.9 Å². The Bertz CT molecular complexity index is 3590. The molecule has 0 spiro atoms. The van der Waals surface area contributed by atoms with Gasteiger partial charge in [-0.2, -0.15) is 0 Å². The smallest absolute Gasteiger partial charge is 0.479 e. The molecule has 4 fully saturated rings. The summed E-state index contributed by atoms with van der Waals surface area (Å²) in [5.41, 5.74) is -7.79. The van der Waals surface area contributed by atoms with Gasteiger partial charge in [0.25, 0.3) is 5.91 Å². The van der Waals surface area contributed by atoms with E-state index in [9.17, 15) is 69.0 Å². The molecule has 0 radical (unpaired) electrons. The number of aliphatic carboxylic acids is 1. The van der Waals surface area contributed by atoms with Gasteiger partial charge in [0.05, 0.1) is 36.2 Å². The number of Topliss-reactive ketones (excluding diaryl/α,β-unsaturated/α-hetero) is 1. The van der Waals surface area contributed by atoms with Gasteiger partial charge in [0.1, 0.15) is 61.5 Å². The number of hydrogen-bond donors (Lipinski definition) is 8. The fourth-order valence-electron chi connectivity index (χ4n) is 13.1. The minimum absolute atomic E-state index is 0.0151. The lowest BCUT2D eigenvalue weighted by molar-refractivity contribution is -0.346. The molecule has 0 aromatic heterocycles. The summed E-state index contributed by atoms with van der Waals surface area (Å²) in [6.07, 6.45) is -25.4. The molecular formula is C66H73N3O26. The first-order valence-corrected chi connectivity index (χ1v) is 30.1. The van der Waals surface area contributed by atoms with Gasteiger partial charge in [0, 0.05) is 50.4 Å². The lowest BCUT2D eigenvalue weighted by Crippen LogP contribution is -2.82. The van der Waals surface area contributed by atoms with Crippen molar-refractivity contribution in [3.05, 3.63) is 149 Å². The molecule has 2 heterocycles. The number of aliphatic hydroxyl groups excluding tert-OH is 4. The van der Waals surface area contributed by atoms with Gasteiger partial charge in [-0.3, -0.25) is 24.5 Å². The van der Waals surface area contributed by atoms with Crippen LogP contribution in [0.15, 0.2) is 126 Å². The summed E-state index contributed by atoms with van der Waals surface area (Å²) < 4.78 is 57.4. The lowest BCUT2D eigenvalue weighted by atomic mass is 9.44. The first-order valence-electron chi connectivity index (χ1n) is 30.1. The number of anilines is 1. The lowest BCUT2D eigenvalue weighted by Gasteiger charge is -2.67. The zero-order valence-corrected chi connectivity index (χ0v) is 52.5. The molecular weight excluding hydrogens is 1250 g/mol. The average Bonchev–Trinajstić information content (AvgIpc) is 0.670. The van der Waals surface area contributed by atoms with Crippen LogP contribution < -0.4 is 10.6 Å². The van der Waals surface area contributed by atoms with Gasteiger partial charge in [0.2, 0.25) is 12.4 Å². The maximum atomic E-state index is 15.9. The Labute approximate surface area is 543 Å². The van der Waals surface area contributed by atoms with Gasteiger partial charge in [-0.1, -0.05) is 92.7 Å². The van der Waals surface area contributed by atoms with Crippen molar-refractivity contribution in [2.45, 2.75) is 146 Å². The van der Waals surface area contributed by atoms with Crippen LogP contribution in [0.3, 0.4) is 0 Å². The van der Waals surface area contributed by atoms with Crippen LogP contribution in [0, 0.1) is 16.7 Å². The number of esters is 4. The SMILES string of the molecule is CC(=O)O[C@H]1C(=O)[C@@]2(C)C(C(OC(=O)c3ccccc3)[C@]3(O)C[C@H](OC(=O)[C@H](OC(=O)OCCN(C)C(=O)OCc4ccc(NC(=O)O[C@@H]5O[C@H](C(=O)O)[C@@H](O)[C@H](O)[C@H]5O)cc4)[C@@H](NC(=O)c4ccccc4)c4ccccc4)C(C)=C1C3(C)C)[C@]1(OC(C)=O)CO[C@@H]1C[C@@H]2O. The van der Waals surface area contributed by atoms with Crippen LogP contribution in [0.2, 0.25) is 0 Å². The standard InChI is InChI=1S/C66H73N3O26/c1-33-41(30-66(85)54(93-57(80)39-21-15-10-16-22-39)52-64(6,42(72)29-43-65(52,32-88-43)95-35(3)71)53(76)49(89-34(2)70)44(33)63(66,4)5)90-58(81)50(45(37-17-11-8-12-18-37)68-55(77)38-19-13-9-14-20-38)92-62(84)86-28-27-69(7)61(83)87-31-36-23-25-40(26-24-36)67-60(82)94-59-48(75)46(73)47(74)51(91-59)56(78)79/h8-26,41-43,45-52,54,59,72-75,85H,27-32H2,1-7H3,(H,67,82)(H,68,77)(H,78,79)/t41-,42-,43+,45-,46-,47-,48+,49+,50+,51-,52?,54?,59-,64+,65-,66+/m0/s1. The number of ether oxygens (including phenoxy) is 10. The monoisotopic (exact) mass is 1320 g/mol. The maximum absolute atomic E-state index is 15.9. The van der Waals surface area contributed by atoms with Gasteiger partial charge in [-0.05, 0) is 72.5 Å². The summed E-state index contributed by atoms with van der Waals surface area (Å²) in [5.74, 6) is -9.35. The van der Waals surface area contributed by atoms with Gasteiger partial charge in [-0.25, -0.2) is 28.8 Å². The third kappa shape index (κ3) is 14.1. The summed E-state index contributed by atoms with van der Waals surface area (Å²) in [5, 5.41) is 70.9. The molecule has 5 aliphatic rings. The second-order valence-electron chi connectivity index (χ2n) is 24.5. The number of ketones is 1. The van der Waals surface area contributed by atoms with E-state index in [0.29, 0.717) is 5.56 Å². The number of carboxylic acid groups (broad SMARTS) is 1. The van der Waals surface area contributed by atoms with E-state index in [1.807, 2.05) is 0 Å². The summed E-state index contributed by atoms with van der Waals surface area (Å²) in [4.78, 5) is 139. The molecule has 29 nitrogen and oxygen atoms in total. The van der Waals surface area contributed by atoms with E-state index in [-0.39, 0.29) is 53.1 Å². The molecule has 16 atom stereocenters. The van der Waals surface area contributed by atoms with Crippen molar-refractivity contribution in [3.63, 3.8) is 0 Å². The Hall–Kier alpha value is -9.36. The number of carboxylic acids is 1. The Morgan fingerprint density at radius 3 is 1.96 bits per heavy atom. The van der Waals surface area contributed by atoms with E-state index >= 15 is 9.59 Å². The Kier molecular flexibility index (Phi) is 20.8. The minimum atomic E-state index is -2.58. The van der Waals surface area contributed by atoms with Crippen molar-refractivity contribution < 1.29 is 126 Å². The van der Waals surface area contributed by atoms with E-state index in [4.69, 9.17) is 47.4 Å². The van der Waals surface area contributed by atoms with Crippen LogP contribution in [0.4, 0.5) is 20.1 Å². The molecule has 95 heavy (non-hydrogen) atoms. The number of likely N-dealkylation sites (N-methyl/N-ethyl adjacent to an activating group) is 1. The van der Waals surface area contributed by atoms with Crippen LogP contribution in [0.5, 0.6) is 0 Å². The quantitative estimate of drug-likeness (QED) is 0.0377. The van der Waals surface area contributed by atoms with Crippen LogP contribution in [0.1, 0.15) is 92.3 Å². The molecule has 2 unspecified atom stereocenters.